The molecule has 33 heavy (non-hydrogen) atoms. The summed E-state index contributed by atoms with van der Waals surface area (Å²) >= 11 is 0. The number of carbonyl (C=O) groups excluding carboxylic acids is 1. The third-order valence-corrected chi connectivity index (χ3v) is 10.6. The predicted octanol–water partition coefficient (Wildman–Crippen LogP) is 6.54. The summed E-state index contributed by atoms with van der Waals surface area (Å²) in [6, 6.07) is 10.6. The molecule has 2 saturated carbocycles. The molecule has 1 aromatic rings. The zero-order valence-corrected chi connectivity index (χ0v) is 20.6. The fourth-order valence-electron chi connectivity index (χ4n) is 8.79. The Labute approximate surface area is 198 Å². The molecule has 3 heteroatoms. The van der Waals surface area contributed by atoms with Crippen LogP contribution in [-0.4, -0.2) is 17.2 Å². The van der Waals surface area contributed by atoms with E-state index in [0.717, 1.165) is 44.3 Å². The van der Waals surface area contributed by atoms with Gasteiger partial charge < -0.3 is 9.84 Å². The molecule has 6 rings (SSSR count). The molecule has 0 radical (unpaired) electrons. The lowest BCUT2D eigenvalue weighted by Crippen LogP contribution is -2.50. The molecular weight excluding hydrogens is 408 g/mol. The van der Waals surface area contributed by atoms with E-state index in [1.165, 1.54) is 23.1 Å². The summed E-state index contributed by atoms with van der Waals surface area (Å²) in [5.74, 6) is 2.85. The molecule has 0 amide bonds. The summed E-state index contributed by atoms with van der Waals surface area (Å²) in [5.41, 5.74) is 3.75. The van der Waals surface area contributed by atoms with Crippen molar-refractivity contribution in [2.75, 3.05) is 0 Å². The highest BCUT2D eigenvalue weighted by Crippen LogP contribution is 2.69. The van der Waals surface area contributed by atoms with Gasteiger partial charge in [0.05, 0.1) is 11.5 Å². The molecule has 0 unspecified atom stereocenters. The number of fused-ring (bicyclic) bond motifs is 6. The SMILES string of the molecule is CC1(C)C(=O)OC2=C(C[C@@H]3[C@@H]4CC=C5C[C@@H](O)CC[C@]5(C)[C@@H]4CC[C@]23C)[C@H]1c1ccccc1. The number of benzene rings is 1. The van der Waals surface area contributed by atoms with Crippen molar-refractivity contribution in [3.05, 3.63) is 58.9 Å². The van der Waals surface area contributed by atoms with Crippen LogP contribution in [0.25, 0.3) is 0 Å². The molecule has 0 saturated heterocycles. The van der Waals surface area contributed by atoms with E-state index in [1.807, 2.05) is 0 Å². The average molecular weight is 447 g/mol. The summed E-state index contributed by atoms with van der Waals surface area (Å²) in [6.45, 7) is 8.99. The van der Waals surface area contributed by atoms with Crippen LogP contribution in [0.3, 0.4) is 0 Å². The molecule has 3 nitrogen and oxygen atoms in total. The Balaban J connectivity index is 1.41. The van der Waals surface area contributed by atoms with Crippen molar-refractivity contribution in [3.8, 4) is 0 Å². The van der Waals surface area contributed by atoms with Crippen LogP contribution in [0, 0.1) is 34.0 Å². The van der Waals surface area contributed by atoms with Gasteiger partial charge in [0.1, 0.15) is 5.76 Å². The van der Waals surface area contributed by atoms with E-state index in [-0.39, 0.29) is 28.8 Å². The standard InChI is InChI=1S/C30H38O3/c1-28(2)25(18-8-6-5-7-9-18)22-17-24-21-11-10-19-16-20(31)12-14-29(19,3)23(21)13-15-30(24,4)26(22)33-27(28)32/h5-10,20-21,23-25,31H,11-17H2,1-4H3/t20-,21+,23+,24+,25+,29-,30-/m0/s1. The van der Waals surface area contributed by atoms with Gasteiger partial charge in [0.25, 0.3) is 0 Å². The lowest BCUT2D eigenvalue weighted by molar-refractivity contribution is -0.155. The van der Waals surface area contributed by atoms with E-state index in [4.69, 9.17) is 4.74 Å². The monoisotopic (exact) mass is 446 g/mol. The molecule has 1 aliphatic heterocycles. The van der Waals surface area contributed by atoms with Crippen molar-refractivity contribution in [1.82, 2.24) is 0 Å². The third-order valence-electron chi connectivity index (χ3n) is 10.6. The van der Waals surface area contributed by atoms with E-state index in [9.17, 15) is 9.90 Å². The third kappa shape index (κ3) is 2.87. The van der Waals surface area contributed by atoms with Crippen molar-refractivity contribution in [1.29, 1.82) is 0 Å². The molecule has 0 bridgehead atoms. The van der Waals surface area contributed by atoms with Crippen molar-refractivity contribution in [2.45, 2.75) is 84.7 Å². The van der Waals surface area contributed by atoms with E-state index in [2.05, 4.69) is 64.1 Å². The molecule has 1 N–H and O–H groups in total. The van der Waals surface area contributed by atoms with E-state index in [0.29, 0.717) is 17.8 Å². The zero-order chi connectivity index (χ0) is 23.2. The first-order valence-electron chi connectivity index (χ1n) is 13.0. The Morgan fingerprint density at radius 3 is 2.42 bits per heavy atom. The van der Waals surface area contributed by atoms with Crippen LogP contribution in [0.1, 0.15) is 84.1 Å². The van der Waals surface area contributed by atoms with Crippen molar-refractivity contribution in [2.24, 2.45) is 34.0 Å². The number of esters is 1. The second-order valence-corrected chi connectivity index (χ2v) is 12.6. The molecule has 1 aromatic carbocycles. The van der Waals surface area contributed by atoms with Crippen LogP contribution >= 0.6 is 0 Å². The Kier molecular flexibility index (Phi) is 4.64. The summed E-state index contributed by atoms with van der Waals surface area (Å²) < 4.78 is 6.27. The van der Waals surface area contributed by atoms with Gasteiger partial charge in [-0.1, -0.05) is 55.8 Å². The minimum Gasteiger partial charge on any atom is -0.430 e. The summed E-state index contributed by atoms with van der Waals surface area (Å²) in [7, 11) is 0. The highest BCUT2D eigenvalue weighted by molar-refractivity contribution is 5.81. The number of hydrogen-bond donors (Lipinski definition) is 1. The number of allylic oxidation sites excluding steroid dienone is 3. The Bertz CT molecular complexity index is 1050. The minimum atomic E-state index is -0.561. The van der Waals surface area contributed by atoms with Gasteiger partial charge in [-0.3, -0.25) is 4.79 Å². The van der Waals surface area contributed by atoms with Crippen molar-refractivity contribution >= 4 is 5.97 Å². The number of rotatable bonds is 1. The second kappa shape index (κ2) is 7.07. The molecule has 2 fully saturated rings. The Morgan fingerprint density at radius 2 is 1.67 bits per heavy atom. The van der Waals surface area contributed by atoms with Gasteiger partial charge in [-0.05, 0) is 93.1 Å². The molecule has 1 heterocycles. The predicted molar refractivity (Wildman–Crippen MR) is 129 cm³/mol. The number of aliphatic hydroxyl groups excluding tert-OH is 1. The Hall–Kier alpha value is -1.87. The molecule has 0 aromatic heterocycles. The molecule has 0 spiro atoms. The summed E-state index contributed by atoms with van der Waals surface area (Å²) in [6.07, 6.45) is 9.65. The summed E-state index contributed by atoms with van der Waals surface area (Å²) in [4.78, 5) is 13.3. The van der Waals surface area contributed by atoms with Gasteiger partial charge in [0.2, 0.25) is 0 Å². The fraction of sp³-hybridized carbons (Fsp3) is 0.633. The van der Waals surface area contributed by atoms with Crippen LogP contribution in [0.2, 0.25) is 0 Å². The zero-order valence-electron chi connectivity index (χ0n) is 20.6. The van der Waals surface area contributed by atoms with Gasteiger partial charge >= 0.3 is 5.97 Å². The number of aliphatic hydroxyl groups is 1. The smallest absolute Gasteiger partial charge is 0.317 e. The quantitative estimate of drug-likeness (QED) is 0.393. The first-order valence-corrected chi connectivity index (χ1v) is 13.0. The average Bonchev–Trinajstić information content (AvgIpc) is 3.07. The van der Waals surface area contributed by atoms with Gasteiger partial charge in [-0.25, -0.2) is 0 Å². The first-order chi connectivity index (χ1) is 15.7. The topological polar surface area (TPSA) is 46.5 Å². The van der Waals surface area contributed by atoms with E-state index < -0.39 is 5.41 Å². The van der Waals surface area contributed by atoms with Crippen LogP contribution in [0.5, 0.6) is 0 Å². The van der Waals surface area contributed by atoms with Crippen LogP contribution in [0.15, 0.2) is 53.3 Å². The Morgan fingerprint density at radius 1 is 0.939 bits per heavy atom. The normalized spacial score (nSPS) is 43.6. The van der Waals surface area contributed by atoms with Gasteiger partial charge in [0.15, 0.2) is 0 Å². The van der Waals surface area contributed by atoms with Gasteiger partial charge in [-0.15, -0.1) is 0 Å². The van der Waals surface area contributed by atoms with Crippen molar-refractivity contribution < 1.29 is 14.6 Å². The number of hydrogen-bond acceptors (Lipinski definition) is 3. The van der Waals surface area contributed by atoms with Crippen LogP contribution < -0.4 is 0 Å². The van der Waals surface area contributed by atoms with Crippen molar-refractivity contribution in [3.63, 3.8) is 0 Å². The van der Waals surface area contributed by atoms with E-state index in [1.54, 1.807) is 0 Å². The fourth-order valence-corrected chi connectivity index (χ4v) is 8.79. The maximum absolute atomic E-state index is 13.3. The van der Waals surface area contributed by atoms with Crippen LogP contribution in [-0.2, 0) is 9.53 Å². The largest absolute Gasteiger partial charge is 0.430 e. The highest BCUT2D eigenvalue weighted by atomic mass is 16.5. The molecule has 5 aliphatic rings. The highest BCUT2D eigenvalue weighted by Gasteiger charge is 2.62. The molecule has 7 atom stereocenters. The summed E-state index contributed by atoms with van der Waals surface area (Å²) in [5, 5.41) is 10.3. The lowest BCUT2D eigenvalue weighted by atomic mass is 9.48. The first kappa shape index (κ1) is 21.6. The molecular formula is C30H38O3. The minimum absolute atomic E-state index is 0.0500. The van der Waals surface area contributed by atoms with E-state index >= 15 is 0 Å². The van der Waals surface area contributed by atoms with Gasteiger partial charge in [0, 0.05) is 11.3 Å². The van der Waals surface area contributed by atoms with Gasteiger partial charge in [-0.2, -0.15) is 0 Å². The number of carbonyl (C=O) groups is 1. The maximum atomic E-state index is 13.3. The van der Waals surface area contributed by atoms with Crippen LogP contribution in [0.4, 0.5) is 0 Å². The lowest BCUT2D eigenvalue weighted by Gasteiger charge is -2.57. The number of ether oxygens (including phenoxy) is 1. The maximum Gasteiger partial charge on any atom is 0.317 e. The second-order valence-electron chi connectivity index (χ2n) is 12.6. The molecule has 176 valence electrons. The molecule has 4 aliphatic carbocycles.